The van der Waals surface area contributed by atoms with E-state index in [1.165, 1.54) is 0 Å². The molecular formula is C20H26N2O. The Labute approximate surface area is 138 Å². The lowest BCUT2D eigenvalue weighted by Gasteiger charge is -2.33. The molecule has 3 nitrogen and oxygen atoms in total. The third-order valence-electron chi connectivity index (χ3n) is 5.72. The molecule has 122 valence electrons. The molecule has 1 saturated carbocycles. The van der Waals surface area contributed by atoms with Crippen LogP contribution in [0.2, 0.25) is 0 Å². The number of benzene rings is 1. The lowest BCUT2D eigenvalue weighted by atomic mass is 9.74. The standard InChI is InChI=1S/C20H26N2O/c1-14(15-8-4-3-5-9-15)19(23)22-13-16-12-17-10-6-7-11-20(17,2)18(16)21/h3-11,14,16-18H,12-13,21H2,1-2H3,(H,22,23)/t14-,16-,17?,18-,20?/m0/s1. The first-order valence-electron chi connectivity index (χ1n) is 8.46. The molecule has 2 aliphatic rings. The Morgan fingerprint density at radius 1 is 1.35 bits per heavy atom. The van der Waals surface area contributed by atoms with Crippen LogP contribution in [0.15, 0.2) is 54.6 Å². The van der Waals surface area contributed by atoms with Crippen molar-refractivity contribution in [3.8, 4) is 0 Å². The molecule has 1 aromatic carbocycles. The third kappa shape index (κ3) is 2.98. The van der Waals surface area contributed by atoms with E-state index in [1.54, 1.807) is 0 Å². The summed E-state index contributed by atoms with van der Waals surface area (Å²) in [5.41, 5.74) is 7.58. The molecule has 2 unspecified atom stereocenters. The zero-order chi connectivity index (χ0) is 16.4. The average Bonchev–Trinajstić information content (AvgIpc) is 2.84. The molecule has 0 radical (unpaired) electrons. The number of rotatable bonds is 4. The zero-order valence-electron chi connectivity index (χ0n) is 13.9. The van der Waals surface area contributed by atoms with Crippen LogP contribution in [0.5, 0.6) is 0 Å². The van der Waals surface area contributed by atoms with Gasteiger partial charge in [0.25, 0.3) is 0 Å². The smallest absolute Gasteiger partial charge is 0.227 e. The first kappa shape index (κ1) is 16.0. The van der Waals surface area contributed by atoms with Crippen LogP contribution < -0.4 is 11.1 Å². The highest BCUT2D eigenvalue weighted by atomic mass is 16.1. The minimum absolute atomic E-state index is 0.0230. The molecule has 1 fully saturated rings. The Morgan fingerprint density at radius 2 is 2.09 bits per heavy atom. The van der Waals surface area contributed by atoms with Crippen molar-refractivity contribution in [2.45, 2.75) is 32.2 Å². The number of hydrogen-bond donors (Lipinski definition) is 2. The molecule has 0 heterocycles. The fourth-order valence-electron chi connectivity index (χ4n) is 3.95. The maximum Gasteiger partial charge on any atom is 0.227 e. The predicted molar refractivity (Wildman–Crippen MR) is 93.8 cm³/mol. The van der Waals surface area contributed by atoms with Crippen molar-refractivity contribution in [1.29, 1.82) is 0 Å². The highest BCUT2D eigenvalue weighted by Gasteiger charge is 2.48. The largest absolute Gasteiger partial charge is 0.355 e. The first-order valence-corrected chi connectivity index (χ1v) is 8.46. The molecule has 0 aliphatic heterocycles. The fourth-order valence-corrected chi connectivity index (χ4v) is 3.95. The van der Waals surface area contributed by atoms with E-state index in [1.807, 2.05) is 37.3 Å². The van der Waals surface area contributed by atoms with Gasteiger partial charge in [0.05, 0.1) is 5.92 Å². The molecule has 0 spiro atoms. The monoisotopic (exact) mass is 310 g/mol. The quantitative estimate of drug-likeness (QED) is 0.898. The minimum Gasteiger partial charge on any atom is -0.355 e. The lowest BCUT2D eigenvalue weighted by Crippen LogP contribution is -2.44. The first-order chi connectivity index (χ1) is 11.0. The molecule has 2 aliphatic carbocycles. The maximum absolute atomic E-state index is 12.4. The van der Waals surface area contributed by atoms with Gasteiger partial charge in [0.1, 0.15) is 0 Å². The molecule has 1 aromatic rings. The van der Waals surface area contributed by atoms with E-state index in [0.29, 0.717) is 18.4 Å². The number of carbonyl (C=O) groups excluding carboxylic acids is 1. The van der Waals surface area contributed by atoms with Crippen molar-refractivity contribution in [2.75, 3.05) is 6.54 Å². The molecule has 0 bridgehead atoms. The van der Waals surface area contributed by atoms with Gasteiger partial charge < -0.3 is 11.1 Å². The van der Waals surface area contributed by atoms with E-state index in [9.17, 15) is 4.79 Å². The van der Waals surface area contributed by atoms with E-state index in [4.69, 9.17) is 5.73 Å². The summed E-state index contributed by atoms with van der Waals surface area (Å²) < 4.78 is 0. The number of fused-ring (bicyclic) bond motifs is 1. The zero-order valence-corrected chi connectivity index (χ0v) is 13.9. The van der Waals surface area contributed by atoms with Crippen molar-refractivity contribution in [3.63, 3.8) is 0 Å². The van der Waals surface area contributed by atoms with Gasteiger partial charge in [0.15, 0.2) is 0 Å². The molecule has 0 aromatic heterocycles. The second-order valence-corrected chi connectivity index (χ2v) is 7.12. The van der Waals surface area contributed by atoms with Crippen molar-refractivity contribution in [1.82, 2.24) is 5.32 Å². The highest BCUT2D eigenvalue weighted by Crippen LogP contribution is 2.48. The van der Waals surface area contributed by atoms with Crippen LogP contribution in [-0.2, 0) is 4.79 Å². The second kappa shape index (κ2) is 6.32. The van der Waals surface area contributed by atoms with Gasteiger partial charge in [-0.05, 0) is 30.7 Å². The molecule has 0 saturated heterocycles. The molecular weight excluding hydrogens is 284 g/mol. The number of nitrogens with two attached hydrogens (primary N) is 1. The van der Waals surface area contributed by atoms with E-state index < -0.39 is 0 Å². The Morgan fingerprint density at radius 3 is 2.78 bits per heavy atom. The van der Waals surface area contributed by atoms with Crippen LogP contribution in [0, 0.1) is 17.3 Å². The minimum atomic E-state index is -0.133. The highest BCUT2D eigenvalue weighted by molar-refractivity contribution is 5.83. The average molecular weight is 310 g/mol. The fraction of sp³-hybridized carbons (Fsp3) is 0.450. The number of nitrogens with one attached hydrogen (secondary N) is 1. The van der Waals surface area contributed by atoms with Crippen LogP contribution >= 0.6 is 0 Å². The van der Waals surface area contributed by atoms with Crippen LogP contribution in [-0.4, -0.2) is 18.5 Å². The Kier molecular flexibility index (Phi) is 4.40. The normalized spacial score (nSPS) is 33.3. The molecule has 1 amide bonds. The molecule has 3 N–H and O–H groups in total. The van der Waals surface area contributed by atoms with E-state index >= 15 is 0 Å². The van der Waals surface area contributed by atoms with Gasteiger partial charge >= 0.3 is 0 Å². The summed E-state index contributed by atoms with van der Waals surface area (Å²) in [4.78, 5) is 12.4. The number of allylic oxidation sites excluding steroid dienone is 3. The Balaban J connectivity index is 1.60. The van der Waals surface area contributed by atoms with Gasteiger partial charge in [-0.25, -0.2) is 0 Å². The molecule has 3 heteroatoms. The van der Waals surface area contributed by atoms with Gasteiger partial charge in [0, 0.05) is 18.0 Å². The topological polar surface area (TPSA) is 55.1 Å². The van der Waals surface area contributed by atoms with Gasteiger partial charge in [-0.2, -0.15) is 0 Å². The summed E-state index contributed by atoms with van der Waals surface area (Å²) in [6.07, 6.45) is 9.73. The summed E-state index contributed by atoms with van der Waals surface area (Å²) in [5.74, 6) is 0.751. The summed E-state index contributed by atoms with van der Waals surface area (Å²) in [7, 11) is 0. The van der Waals surface area contributed by atoms with Crippen molar-refractivity contribution in [3.05, 3.63) is 60.2 Å². The van der Waals surface area contributed by atoms with Crippen molar-refractivity contribution in [2.24, 2.45) is 23.0 Å². The third-order valence-corrected chi connectivity index (χ3v) is 5.72. The Hall–Kier alpha value is -1.87. The van der Waals surface area contributed by atoms with E-state index in [2.05, 4.69) is 36.5 Å². The summed E-state index contributed by atoms with van der Waals surface area (Å²) >= 11 is 0. The van der Waals surface area contributed by atoms with Crippen molar-refractivity contribution < 1.29 is 4.79 Å². The number of hydrogen-bond acceptors (Lipinski definition) is 2. The number of carbonyl (C=O) groups is 1. The van der Waals surface area contributed by atoms with Crippen molar-refractivity contribution >= 4 is 5.91 Å². The summed E-state index contributed by atoms with van der Waals surface area (Å²) in [6, 6.07) is 9.98. The Bertz CT molecular complexity index is 622. The summed E-state index contributed by atoms with van der Waals surface area (Å²) in [5, 5.41) is 3.11. The molecule has 5 atom stereocenters. The molecule has 23 heavy (non-hydrogen) atoms. The predicted octanol–water partition coefficient (Wildman–Crippen LogP) is 3.00. The second-order valence-electron chi connectivity index (χ2n) is 7.12. The summed E-state index contributed by atoms with van der Waals surface area (Å²) in [6.45, 7) is 4.84. The maximum atomic E-state index is 12.4. The van der Waals surface area contributed by atoms with Crippen LogP contribution in [0.3, 0.4) is 0 Å². The van der Waals surface area contributed by atoms with Gasteiger partial charge in [0.2, 0.25) is 5.91 Å². The number of amides is 1. The van der Waals surface area contributed by atoms with E-state index in [0.717, 1.165) is 12.0 Å². The van der Waals surface area contributed by atoms with Crippen LogP contribution in [0.25, 0.3) is 0 Å². The van der Waals surface area contributed by atoms with Gasteiger partial charge in [-0.3, -0.25) is 4.79 Å². The molecule has 3 rings (SSSR count). The van der Waals surface area contributed by atoms with Gasteiger partial charge in [-0.15, -0.1) is 0 Å². The van der Waals surface area contributed by atoms with E-state index in [-0.39, 0.29) is 23.3 Å². The SMILES string of the molecule is C[C@H](C(=O)NC[C@@H]1CC2C=CC=CC2(C)[C@H]1N)c1ccccc1. The lowest BCUT2D eigenvalue weighted by molar-refractivity contribution is -0.122. The van der Waals surface area contributed by atoms with Crippen LogP contribution in [0.1, 0.15) is 31.7 Å². The van der Waals surface area contributed by atoms with Crippen LogP contribution in [0.4, 0.5) is 0 Å². The van der Waals surface area contributed by atoms with Gasteiger partial charge in [-0.1, -0.05) is 61.6 Å².